The fraction of sp³-hybridized carbons (Fsp3) is 0.385. The van der Waals surface area contributed by atoms with Crippen molar-refractivity contribution in [1.82, 2.24) is 5.43 Å². The van der Waals surface area contributed by atoms with Gasteiger partial charge in [-0.2, -0.15) is 0 Å². The van der Waals surface area contributed by atoms with E-state index in [1.165, 1.54) is 0 Å². The van der Waals surface area contributed by atoms with E-state index in [9.17, 15) is 4.79 Å². The Labute approximate surface area is 114 Å². The van der Waals surface area contributed by atoms with Gasteiger partial charge in [0.2, 0.25) is 0 Å². The topological polar surface area (TPSA) is 67.5 Å². The van der Waals surface area contributed by atoms with Crippen molar-refractivity contribution in [1.29, 1.82) is 0 Å². The fourth-order valence-electron chi connectivity index (χ4n) is 1.39. The first kappa shape index (κ1) is 14.9. The number of hydrogen-bond acceptors (Lipinski definition) is 3. The number of nitrogens with zero attached hydrogens (tertiary/aromatic N) is 1. The van der Waals surface area contributed by atoms with Gasteiger partial charge in [0.25, 0.3) is 0 Å². The van der Waals surface area contributed by atoms with Gasteiger partial charge in [-0.1, -0.05) is 0 Å². The van der Waals surface area contributed by atoms with E-state index < -0.39 is 0 Å². The number of hydrogen-bond donors (Lipinski definition) is 2. The number of nitrogens with two attached hydrogens (primary N) is 1. The minimum atomic E-state index is -0.0774. The summed E-state index contributed by atoms with van der Waals surface area (Å²) >= 11 is -0.0774. The Balaban J connectivity index is 2.71. The summed E-state index contributed by atoms with van der Waals surface area (Å²) in [6, 6.07) is 9.50. The van der Waals surface area contributed by atoms with Crippen LogP contribution in [-0.4, -0.2) is 31.5 Å². The van der Waals surface area contributed by atoms with Gasteiger partial charge in [0, 0.05) is 0 Å². The quantitative estimate of drug-likeness (QED) is 0.217. The molecule has 0 aliphatic rings. The predicted molar refractivity (Wildman–Crippen MR) is 75.8 cm³/mol. The van der Waals surface area contributed by atoms with Crippen LogP contribution in [0.4, 0.5) is 0 Å². The molecule has 5 heteroatoms. The van der Waals surface area contributed by atoms with Gasteiger partial charge in [0.15, 0.2) is 0 Å². The van der Waals surface area contributed by atoms with Crippen LogP contribution in [0.2, 0.25) is 4.82 Å². The second-order valence-corrected chi connectivity index (χ2v) is 6.95. The third-order valence-electron chi connectivity index (χ3n) is 2.21. The number of Topliss-reactive ketones (excluding diaryl/α,β-unsaturated/α-hetero) is 1. The van der Waals surface area contributed by atoms with E-state index in [0.29, 0.717) is 0 Å². The van der Waals surface area contributed by atoms with Crippen molar-refractivity contribution >= 4 is 25.5 Å². The number of aliphatic imine (C=N–C) groups is 1. The Morgan fingerprint density at radius 3 is 2.39 bits per heavy atom. The molecule has 0 amide bonds. The van der Waals surface area contributed by atoms with Crippen LogP contribution in [0.3, 0.4) is 0 Å². The van der Waals surface area contributed by atoms with Crippen molar-refractivity contribution in [2.45, 2.75) is 31.6 Å². The number of benzene rings is 1. The van der Waals surface area contributed by atoms with Gasteiger partial charge in [-0.15, -0.1) is 0 Å². The van der Waals surface area contributed by atoms with Crippen LogP contribution in [0.5, 0.6) is 0 Å². The van der Waals surface area contributed by atoms with Crippen LogP contribution < -0.4 is 11.3 Å². The van der Waals surface area contributed by atoms with Gasteiger partial charge in [-0.25, -0.2) is 0 Å². The zero-order chi connectivity index (χ0) is 13.5. The Morgan fingerprint density at radius 1 is 1.28 bits per heavy atom. The number of carbonyl (C=O) groups is 1. The Kier molecular flexibility index (Phi) is 6.05. The summed E-state index contributed by atoms with van der Waals surface area (Å²) in [6.45, 7) is 5.89. The predicted octanol–water partition coefficient (Wildman–Crippen LogP) is 1.61. The number of rotatable bonds is 5. The number of nitrogens with one attached hydrogen (secondary N) is 1. The molecule has 0 saturated carbocycles. The van der Waals surface area contributed by atoms with Crippen LogP contribution in [0, 0.1) is 0 Å². The van der Waals surface area contributed by atoms with Crippen LogP contribution in [-0.2, 0) is 0 Å². The molecule has 1 rings (SSSR count). The first-order chi connectivity index (χ1) is 8.54. The summed E-state index contributed by atoms with van der Waals surface area (Å²) in [6.07, 6.45) is 0. The average molecular weight is 312 g/mol. The monoisotopic (exact) mass is 313 g/mol. The molecule has 0 aliphatic heterocycles. The van der Waals surface area contributed by atoms with E-state index in [1.54, 1.807) is 0 Å². The van der Waals surface area contributed by atoms with E-state index >= 15 is 0 Å². The van der Waals surface area contributed by atoms with Gasteiger partial charge in [0.1, 0.15) is 0 Å². The fourth-order valence-corrected chi connectivity index (χ4v) is 3.32. The standard InChI is InChI=1S/C13H19N3OSe/c1-9(2)15-13(16-14)18-10(3)12(17)11-7-5-4-6-8-11/h4-10H,14H2,1-3H3,(H,15,16). The first-order valence-electron chi connectivity index (χ1n) is 5.85. The van der Waals surface area contributed by atoms with Crippen molar-refractivity contribution in [3.8, 4) is 0 Å². The second kappa shape index (κ2) is 7.31. The van der Waals surface area contributed by atoms with Gasteiger partial charge >= 0.3 is 114 Å². The van der Waals surface area contributed by atoms with E-state index in [-0.39, 0.29) is 31.6 Å². The summed E-state index contributed by atoms with van der Waals surface area (Å²) < 4.78 is 0.731. The van der Waals surface area contributed by atoms with Crippen molar-refractivity contribution in [3.63, 3.8) is 0 Å². The molecule has 0 heterocycles. The van der Waals surface area contributed by atoms with Crippen LogP contribution in [0.1, 0.15) is 31.1 Å². The van der Waals surface area contributed by atoms with Crippen LogP contribution >= 0.6 is 0 Å². The molecule has 1 aromatic carbocycles. The molecule has 4 nitrogen and oxygen atoms in total. The maximum atomic E-state index is 12.2. The molecule has 0 radical (unpaired) electrons. The molecular weight excluding hydrogens is 293 g/mol. The van der Waals surface area contributed by atoms with Crippen molar-refractivity contribution in [2.75, 3.05) is 0 Å². The summed E-state index contributed by atoms with van der Waals surface area (Å²) in [7, 11) is 0. The van der Waals surface area contributed by atoms with Gasteiger partial charge in [-0.05, 0) is 0 Å². The Morgan fingerprint density at radius 2 is 1.89 bits per heavy atom. The van der Waals surface area contributed by atoms with Gasteiger partial charge in [-0.3, -0.25) is 0 Å². The van der Waals surface area contributed by atoms with E-state index in [1.807, 2.05) is 51.1 Å². The minimum absolute atomic E-state index is 0.0755. The van der Waals surface area contributed by atoms with Crippen LogP contribution in [0.25, 0.3) is 0 Å². The summed E-state index contributed by atoms with van der Waals surface area (Å²) in [5.74, 6) is 5.57. The molecule has 0 aromatic heterocycles. The summed E-state index contributed by atoms with van der Waals surface area (Å²) in [5, 5.41) is 0. The number of hydrazine groups is 1. The summed E-state index contributed by atoms with van der Waals surface area (Å²) in [4.78, 5) is 16.5. The second-order valence-electron chi connectivity index (χ2n) is 4.16. The Bertz CT molecular complexity index is 418. The van der Waals surface area contributed by atoms with Gasteiger partial charge in [0.05, 0.1) is 0 Å². The van der Waals surface area contributed by atoms with Crippen molar-refractivity contribution in [2.24, 2.45) is 10.8 Å². The molecule has 18 heavy (non-hydrogen) atoms. The molecule has 0 bridgehead atoms. The normalized spacial score (nSPS) is 13.5. The third kappa shape index (κ3) is 4.61. The average Bonchev–Trinajstić information content (AvgIpc) is 2.37. The zero-order valence-electron chi connectivity index (χ0n) is 10.9. The molecule has 0 aliphatic carbocycles. The molecular formula is C13H19N3OSe. The molecule has 0 saturated heterocycles. The molecule has 98 valence electrons. The molecule has 1 aromatic rings. The van der Waals surface area contributed by atoms with E-state index in [4.69, 9.17) is 5.84 Å². The van der Waals surface area contributed by atoms with Crippen LogP contribution in [0.15, 0.2) is 35.3 Å². The van der Waals surface area contributed by atoms with Crippen molar-refractivity contribution < 1.29 is 4.79 Å². The zero-order valence-corrected chi connectivity index (χ0v) is 12.6. The van der Waals surface area contributed by atoms with Gasteiger partial charge < -0.3 is 0 Å². The number of amidine groups is 1. The number of carbonyl (C=O) groups excluding carboxylic acids is 1. The first-order valence-corrected chi connectivity index (χ1v) is 7.69. The molecule has 3 N–H and O–H groups in total. The SMILES string of the molecule is CC(C)N=C(NN)[Se]C(C)C(=O)c1ccccc1. The molecule has 0 spiro atoms. The van der Waals surface area contributed by atoms with E-state index in [2.05, 4.69) is 10.4 Å². The summed E-state index contributed by atoms with van der Waals surface area (Å²) in [5.41, 5.74) is 3.34. The molecule has 1 unspecified atom stereocenters. The molecule has 1 atom stereocenters. The van der Waals surface area contributed by atoms with E-state index in [0.717, 1.165) is 10.3 Å². The number of ketones is 1. The Hall–Kier alpha value is -1.16. The van der Waals surface area contributed by atoms with Crippen molar-refractivity contribution in [3.05, 3.63) is 35.9 Å². The third-order valence-corrected chi connectivity index (χ3v) is 4.34. The maximum absolute atomic E-state index is 12.2. The molecule has 0 fully saturated rings.